The third-order valence-corrected chi connectivity index (χ3v) is 6.82. The van der Waals surface area contributed by atoms with Crippen LogP contribution < -0.4 is 5.43 Å². The van der Waals surface area contributed by atoms with Crippen molar-refractivity contribution in [2.24, 2.45) is 0 Å². The molecular formula is C25H26Cl2N2O3. The van der Waals surface area contributed by atoms with Gasteiger partial charge in [-0.05, 0) is 68.4 Å². The van der Waals surface area contributed by atoms with Gasteiger partial charge in [0.2, 0.25) is 5.76 Å². The van der Waals surface area contributed by atoms with Crippen LogP contribution in [-0.2, 0) is 0 Å². The van der Waals surface area contributed by atoms with Crippen molar-refractivity contribution in [3.05, 3.63) is 79.1 Å². The lowest BCUT2D eigenvalue weighted by atomic mass is 9.98. The van der Waals surface area contributed by atoms with Gasteiger partial charge in [-0.2, -0.15) is 0 Å². The maximum absolute atomic E-state index is 13.6. The van der Waals surface area contributed by atoms with E-state index >= 15 is 0 Å². The topological polar surface area (TPSA) is 53.8 Å². The van der Waals surface area contributed by atoms with Gasteiger partial charge in [0.1, 0.15) is 5.58 Å². The Balaban J connectivity index is 1.83. The van der Waals surface area contributed by atoms with Crippen LogP contribution in [0.5, 0.6) is 0 Å². The molecule has 0 N–H and O–H groups in total. The highest BCUT2D eigenvalue weighted by Gasteiger charge is 2.42. The molecular weight excluding hydrogens is 447 g/mol. The third-order valence-electron chi connectivity index (χ3n) is 6.18. The van der Waals surface area contributed by atoms with Crippen molar-refractivity contribution >= 4 is 40.1 Å². The Morgan fingerprint density at radius 1 is 1.09 bits per heavy atom. The van der Waals surface area contributed by atoms with Crippen LogP contribution in [0.25, 0.3) is 11.0 Å². The summed E-state index contributed by atoms with van der Waals surface area (Å²) in [4.78, 5) is 31.1. The zero-order valence-electron chi connectivity index (χ0n) is 18.5. The van der Waals surface area contributed by atoms with E-state index < -0.39 is 6.04 Å². The fraction of sp³-hybridized carbons (Fsp3) is 0.360. The average Bonchev–Trinajstić information content (AvgIpc) is 3.05. The molecule has 1 aliphatic rings. The quantitative estimate of drug-likeness (QED) is 0.443. The Kier molecular flexibility index (Phi) is 6.61. The molecule has 7 heteroatoms. The SMILES string of the molecule is CCN(CC)CCCN1C(=O)c2oc3cc(C)c(Cl)cc3c(=O)c2C1c1cccc(Cl)c1. The summed E-state index contributed by atoms with van der Waals surface area (Å²) in [5.41, 5.74) is 2.08. The highest BCUT2D eigenvalue weighted by Crippen LogP contribution is 2.39. The van der Waals surface area contributed by atoms with Crippen LogP contribution in [0.4, 0.5) is 0 Å². The van der Waals surface area contributed by atoms with Gasteiger partial charge in [0.05, 0.1) is 17.0 Å². The molecule has 0 fully saturated rings. The maximum atomic E-state index is 13.6. The van der Waals surface area contributed by atoms with Crippen LogP contribution in [0, 0.1) is 6.92 Å². The lowest BCUT2D eigenvalue weighted by Crippen LogP contribution is -2.33. The summed E-state index contributed by atoms with van der Waals surface area (Å²) in [5.74, 6) is -0.159. The van der Waals surface area contributed by atoms with Gasteiger partial charge in [-0.3, -0.25) is 9.59 Å². The predicted octanol–water partition coefficient (Wildman–Crippen LogP) is 5.69. The fourth-order valence-corrected chi connectivity index (χ4v) is 4.76. The van der Waals surface area contributed by atoms with Crippen LogP contribution in [0.3, 0.4) is 0 Å². The Morgan fingerprint density at radius 3 is 2.53 bits per heavy atom. The number of fused-ring (bicyclic) bond motifs is 2. The second-order valence-electron chi connectivity index (χ2n) is 8.11. The second kappa shape index (κ2) is 9.26. The lowest BCUT2D eigenvalue weighted by Gasteiger charge is -2.26. The molecule has 0 bridgehead atoms. The zero-order chi connectivity index (χ0) is 23.0. The number of hydrogen-bond donors (Lipinski definition) is 0. The average molecular weight is 473 g/mol. The molecule has 2 aromatic carbocycles. The first-order valence-electron chi connectivity index (χ1n) is 10.9. The number of halogens is 2. The summed E-state index contributed by atoms with van der Waals surface area (Å²) in [6, 6.07) is 10.1. The maximum Gasteiger partial charge on any atom is 0.290 e. The summed E-state index contributed by atoms with van der Waals surface area (Å²) >= 11 is 12.5. The molecule has 1 aromatic heterocycles. The van der Waals surface area contributed by atoms with Gasteiger partial charge in [-0.1, -0.05) is 49.2 Å². The van der Waals surface area contributed by atoms with E-state index in [1.807, 2.05) is 19.1 Å². The molecule has 32 heavy (non-hydrogen) atoms. The number of aryl methyl sites for hydroxylation is 1. The number of carbonyl (C=O) groups is 1. The van der Waals surface area contributed by atoms with Crippen LogP contribution in [0.15, 0.2) is 45.6 Å². The van der Waals surface area contributed by atoms with Gasteiger partial charge < -0.3 is 14.2 Å². The summed E-state index contributed by atoms with van der Waals surface area (Å²) in [6.07, 6.45) is 0.789. The van der Waals surface area contributed by atoms with Crippen LogP contribution in [0.1, 0.15) is 53.6 Å². The Bertz CT molecular complexity index is 1230. The molecule has 0 radical (unpaired) electrons. The summed E-state index contributed by atoms with van der Waals surface area (Å²) in [5, 5.41) is 1.42. The minimum atomic E-state index is -0.548. The molecule has 0 aliphatic carbocycles. The Labute approximate surface area is 197 Å². The zero-order valence-corrected chi connectivity index (χ0v) is 20.0. The number of nitrogens with zero attached hydrogens (tertiary/aromatic N) is 2. The minimum absolute atomic E-state index is 0.108. The molecule has 0 spiro atoms. The fourth-order valence-electron chi connectivity index (χ4n) is 4.40. The van der Waals surface area contributed by atoms with E-state index in [-0.39, 0.29) is 17.1 Å². The Hall–Kier alpha value is -2.34. The largest absolute Gasteiger partial charge is 0.450 e. The van der Waals surface area contributed by atoms with Crippen molar-refractivity contribution in [3.63, 3.8) is 0 Å². The smallest absolute Gasteiger partial charge is 0.290 e. The third kappa shape index (κ3) is 4.05. The van der Waals surface area contributed by atoms with Gasteiger partial charge in [-0.25, -0.2) is 0 Å². The van der Waals surface area contributed by atoms with E-state index in [0.717, 1.165) is 37.2 Å². The van der Waals surface area contributed by atoms with E-state index in [0.29, 0.717) is 33.1 Å². The summed E-state index contributed by atoms with van der Waals surface area (Å²) in [6.45, 7) is 9.36. The van der Waals surface area contributed by atoms with Gasteiger partial charge in [0, 0.05) is 16.6 Å². The highest BCUT2D eigenvalue weighted by molar-refractivity contribution is 6.32. The molecule has 4 rings (SSSR count). The number of hydrogen-bond acceptors (Lipinski definition) is 4. The molecule has 0 saturated heterocycles. The van der Waals surface area contributed by atoms with Gasteiger partial charge in [0.25, 0.3) is 5.91 Å². The standard InChI is InChI=1S/C25H26Cl2N2O3/c1-4-28(5-2)10-7-11-29-22(16-8-6-9-17(26)13-16)21-23(30)18-14-19(27)15(3)12-20(18)32-24(21)25(29)31/h6,8-9,12-14,22H,4-5,7,10-11H2,1-3H3. The molecule has 1 unspecified atom stereocenters. The normalized spacial score (nSPS) is 15.8. The van der Waals surface area contributed by atoms with Crippen molar-refractivity contribution in [2.75, 3.05) is 26.2 Å². The van der Waals surface area contributed by atoms with Crippen molar-refractivity contribution in [1.82, 2.24) is 9.80 Å². The van der Waals surface area contributed by atoms with Crippen molar-refractivity contribution in [1.29, 1.82) is 0 Å². The van der Waals surface area contributed by atoms with Gasteiger partial charge in [0.15, 0.2) is 5.43 Å². The summed E-state index contributed by atoms with van der Waals surface area (Å²) < 4.78 is 6.02. The van der Waals surface area contributed by atoms with Crippen LogP contribution >= 0.6 is 23.2 Å². The minimum Gasteiger partial charge on any atom is -0.450 e. The van der Waals surface area contributed by atoms with Crippen molar-refractivity contribution < 1.29 is 9.21 Å². The second-order valence-corrected chi connectivity index (χ2v) is 8.95. The molecule has 2 heterocycles. The molecule has 168 valence electrons. The van der Waals surface area contributed by atoms with E-state index in [4.69, 9.17) is 27.6 Å². The summed E-state index contributed by atoms with van der Waals surface area (Å²) in [7, 11) is 0. The van der Waals surface area contributed by atoms with E-state index in [1.54, 1.807) is 29.2 Å². The highest BCUT2D eigenvalue weighted by atomic mass is 35.5. The predicted molar refractivity (Wildman–Crippen MR) is 129 cm³/mol. The van der Waals surface area contributed by atoms with Crippen LogP contribution in [0.2, 0.25) is 10.0 Å². The number of rotatable bonds is 7. The van der Waals surface area contributed by atoms with E-state index in [2.05, 4.69) is 18.7 Å². The number of amides is 1. The molecule has 5 nitrogen and oxygen atoms in total. The first-order valence-corrected chi connectivity index (χ1v) is 11.7. The molecule has 1 aliphatic heterocycles. The Morgan fingerprint density at radius 2 is 1.84 bits per heavy atom. The van der Waals surface area contributed by atoms with E-state index in [1.165, 1.54) is 0 Å². The van der Waals surface area contributed by atoms with Crippen LogP contribution in [-0.4, -0.2) is 41.9 Å². The van der Waals surface area contributed by atoms with E-state index in [9.17, 15) is 9.59 Å². The molecule has 3 aromatic rings. The van der Waals surface area contributed by atoms with Gasteiger partial charge in [-0.15, -0.1) is 0 Å². The molecule has 1 amide bonds. The number of carbonyl (C=O) groups excluding carboxylic acids is 1. The first kappa shape index (κ1) is 22.8. The molecule has 0 saturated carbocycles. The van der Waals surface area contributed by atoms with Crippen molar-refractivity contribution in [3.8, 4) is 0 Å². The first-order chi connectivity index (χ1) is 15.3. The monoisotopic (exact) mass is 472 g/mol. The molecule has 1 atom stereocenters. The number of benzene rings is 2. The lowest BCUT2D eigenvalue weighted by molar-refractivity contribution is 0.0720. The van der Waals surface area contributed by atoms with Crippen molar-refractivity contribution in [2.45, 2.75) is 33.2 Å². The van der Waals surface area contributed by atoms with Gasteiger partial charge >= 0.3 is 0 Å².